The molecule has 1 atom stereocenters. The van der Waals surface area contributed by atoms with Gasteiger partial charge in [-0.3, -0.25) is 10.00 Å². The predicted molar refractivity (Wildman–Crippen MR) is 118 cm³/mol. The number of rotatable bonds is 6. The van der Waals surface area contributed by atoms with Gasteiger partial charge in [0.2, 0.25) is 0 Å². The van der Waals surface area contributed by atoms with Crippen molar-refractivity contribution in [2.45, 2.75) is 6.04 Å². The van der Waals surface area contributed by atoms with E-state index in [4.69, 9.17) is 4.74 Å². The monoisotopic (exact) mass is 401 g/mol. The van der Waals surface area contributed by atoms with Gasteiger partial charge in [-0.2, -0.15) is 5.10 Å². The second-order valence-corrected chi connectivity index (χ2v) is 7.48. The van der Waals surface area contributed by atoms with E-state index in [-0.39, 0.29) is 11.9 Å². The van der Waals surface area contributed by atoms with E-state index in [1.54, 1.807) is 19.2 Å². The summed E-state index contributed by atoms with van der Waals surface area (Å²) in [5.74, 6) is 0.577. The summed E-state index contributed by atoms with van der Waals surface area (Å²) in [7, 11) is 5.78. The number of H-pyrrole nitrogens is 1. The Kier molecular flexibility index (Phi) is 5.63. The van der Waals surface area contributed by atoms with Gasteiger partial charge in [0, 0.05) is 11.8 Å². The van der Waals surface area contributed by atoms with Crippen molar-refractivity contribution in [1.29, 1.82) is 0 Å². The van der Waals surface area contributed by atoms with Crippen LogP contribution in [0.5, 0.6) is 5.75 Å². The molecule has 4 rings (SSSR count). The molecule has 152 valence electrons. The second-order valence-electron chi connectivity index (χ2n) is 7.48. The molecule has 0 fully saturated rings. The molecule has 0 saturated carbocycles. The maximum absolute atomic E-state index is 13.2. The third-order valence-electron chi connectivity index (χ3n) is 5.23. The molecule has 0 saturated heterocycles. The Morgan fingerprint density at radius 3 is 1.97 bits per heavy atom. The standard InChI is InChI=1S/C25H24FN3O/c1-29(2)25(22-15-27-28-16-22)21-12-20(13-24(14-21)30-3)19-6-4-17(5-7-19)18-8-10-23(26)11-9-18/h4-16,25H,1-3H3,(H,27,28). The summed E-state index contributed by atoms with van der Waals surface area (Å²) >= 11 is 0. The zero-order valence-corrected chi connectivity index (χ0v) is 17.3. The van der Waals surface area contributed by atoms with E-state index in [1.165, 1.54) is 12.1 Å². The molecule has 4 aromatic rings. The highest BCUT2D eigenvalue weighted by atomic mass is 19.1. The molecule has 0 aliphatic carbocycles. The van der Waals surface area contributed by atoms with E-state index in [9.17, 15) is 4.39 Å². The van der Waals surface area contributed by atoms with E-state index in [0.717, 1.165) is 39.1 Å². The zero-order chi connectivity index (χ0) is 21.1. The highest BCUT2D eigenvalue weighted by Crippen LogP contribution is 2.34. The quantitative estimate of drug-likeness (QED) is 0.461. The first-order valence-electron chi connectivity index (χ1n) is 9.75. The molecular weight excluding hydrogens is 377 g/mol. The molecule has 0 amide bonds. The van der Waals surface area contributed by atoms with E-state index in [1.807, 2.05) is 32.6 Å². The summed E-state index contributed by atoms with van der Waals surface area (Å²) < 4.78 is 18.8. The summed E-state index contributed by atoms with van der Waals surface area (Å²) in [5, 5.41) is 7.02. The van der Waals surface area contributed by atoms with Gasteiger partial charge in [0.05, 0.1) is 19.3 Å². The predicted octanol–water partition coefficient (Wildman–Crippen LogP) is 5.54. The van der Waals surface area contributed by atoms with Gasteiger partial charge in [-0.05, 0) is 72.2 Å². The molecule has 1 unspecified atom stereocenters. The number of nitrogens with one attached hydrogen (secondary N) is 1. The highest BCUT2D eigenvalue weighted by Gasteiger charge is 2.19. The largest absolute Gasteiger partial charge is 0.497 e. The second kappa shape index (κ2) is 8.51. The molecule has 0 aliphatic rings. The molecule has 5 heteroatoms. The maximum Gasteiger partial charge on any atom is 0.123 e. The highest BCUT2D eigenvalue weighted by molar-refractivity contribution is 5.72. The lowest BCUT2D eigenvalue weighted by atomic mass is 9.94. The molecule has 1 aromatic heterocycles. The van der Waals surface area contributed by atoms with Gasteiger partial charge in [0.25, 0.3) is 0 Å². The van der Waals surface area contributed by atoms with E-state index < -0.39 is 0 Å². The van der Waals surface area contributed by atoms with Crippen molar-refractivity contribution < 1.29 is 9.13 Å². The Bertz CT molecular complexity index is 1100. The lowest BCUT2D eigenvalue weighted by Gasteiger charge is -2.25. The summed E-state index contributed by atoms with van der Waals surface area (Å²) in [6.07, 6.45) is 3.77. The molecule has 30 heavy (non-hydrogen) atoms. The van der Waals surface area contributed by atoms with Crippen LogP contribution in [0.25, 0.3) is 22.3 Å². The van der Waals surface area contributed by atoms with Crippen LogP contribution in [0, 0.1) is 5.82 Å². The van der Waals surface area contributed by atoms with Crippen LogP contribution >= 0.6 is 0 Å². The Balaban J connectivity index is 1.72. The molecule has 0 radical (unpaired) electrons. The van der Waals surface area contributed by atoms with Crippen LogP contribution in [0.3, 0.4) is 0 Å². The van der Waals surface area contributed by atoms with Gasteiger partial charge in [-0.1, -0.05) is 36.4 Å². The Morgan fingerprint density at radius 2 is 1.43 bits per heavy atom. The minimum absolute atomic E-state index is 0.0519. The SMILES string of the molecule is COc1cc(-c2ccc(-c3ccc(F)cc3)cc2)cc(C(c2cn[nH]c2)N(C)C)c1. The normalized spacial score (nSPS) is 12.2. The fourth-order valence-electron chi connectivity index (χ4n) is 3.76. The van der Waals surface area contributed by atoms with E-state index in [0.29, 0.717) is 0 Å². The molecule has 1 heterocycles. The summed E-state index contributed by atoms with van der Waals surface area (Å²) in [4.78, 5) is 2.15. The minimum Gasteiger partial charge on any atom is -0.497 e. The van der Waals surface area contributed by atoms with Gasteiger partial charge in [-0.25, -0.2) is 4.39 Å². The smallest absolute Gasteiger partial charge is 0.123 e. The third-order valence-corrected chi connectivity index (χ3v) is 5.23. The first-order chi connectivity index (χ1) is 14.5. The molecule has 0 bridgehead atoms. The summed E-state index contributed by atoms with van der Waals surface area (Å²) in [6, 6.07) is 21.2. The van der Waals surface area contributed by atoms with Crippen molar-refractivity contribution >= 4 is 0 Å². The average molecular weight is 401 g/mol. The molecule has 3 aromatic carbocycles. The summed E-state index contributed by atoms with van der Waals surface area (Å²) in [6.45, 7) is 0. The lowest BCUT2D eigenvalue weighted by molar-refractivity contribution is 0.340. The molecular formula is C25H24FN3O. The van der Waals surface area contributed by atoms with Gasteiger partial charge in [-0.15, -0.1) is 0 Å². The fraction of sp³-hybridized carbons (Fsp3) is 0.160. The number of methoxy groups -OCH3 is 1. The van der Waals surface area contributed by atoms with Crippen molar-refractivity contribution in [3.8, 4) is 28.0 Å². The first-order valence-corrected chi connectivity index (χ1v) is 9.75. The van der Waals surface area contributed by atoms with Gasteiger partial charge in [0.1, 0.15) is 11.6 Å². The van der Waals surface area contributed by atoms with Crippen molar-refractivity contribution in [3.05, 3.63) is 96.1 Å². The van der Waals surface area contributed by atoms with Crippen LogP contribution in [0.15, 0.2) is 79.1 Å². The van der Waals surface area contributed by atoms with Crippen molar-refractivity contribution in [3.63, 3.8) is 0 Å². The lowest BCUT2D eigenvalue weighted by Crippen LogP contribution is -2.20. The molecule has 0 aliphatic heterocycles. The number of aromatic nitrogens is 2. The number of benzene rings is 3. The number of hydrogen-bond acceptors (Lipinski definition) is 3. The molecule has 4 nitrogen and oxygen atoms in total. The zero-order valence-electron chi connectivity index (χ0n) is 17.3. The van der Waals surface area contributed by atoms with Crippen LogP contribution < -0.4 is 4.74 Å². The molecule has 0 spiro atoms. The van der Waals surface area contributed by atoms with E-state index >= 15 is 0 Å². The maximum atomic E-state index is 13.2. The van der Waals surface area contributed by atoms with Gasteiger partial charge >= 0.3 is 0 Å². The van der Waals surface area contributed by atoms with Crippen molar-refractivity contribution in [2.24, 2.45) is 0 Å². The van der Waals surface area contributed by atoms with E-state index in [2.05, 4.69) is 51.5 Å². The number of hydrogen-bond donors (Lipinski definition) is 1. The van der Waals surface area contributed by atoms with Crippen LogP contribution in [-0.4, -0.2) is 36.3 Å². The third kappa shape index (κ3) is 4.11. The van der Waals surface area contributed by atoms with Gasteiger partial charge < -0.3 is 4.74 Å². The first kappa shape index (κ1) is 19.9. The summed E-state index contributed by atoms with van der Waals surface area (Å²) in [5.41, 5.74) is 6.41. The van der Waals surface area contributed by atoms with Crippen LogP contribution in [-0.2, 0) is 0 Å². The van der Waals surface area contributed by atoms with Crippen LogP contribution in [0.4, 0.5) is 4.39 Å². The number of nitrogens with zero attached hydrogens (tertiary/aromatic N) is 2. The number of ether oxygens (including phenoxy) is 1. The Hall–Kier alpha value is -3.44. The Morgan fingerprint density at radius 1 is 0.833 bits per heavy atom. The number of halogens is 1. The average Bonchev–Trinajstić information content (AvgIpc) is 3.28. The van der Waals surface area contributed by atoms with Gasteiger partial charge in [0.15, 0.2) is 0 Å². The van der Waals surface area contributed by atoms with Crippen molar-refractivity contribution in [1.82, 2.24) is 15.1 Å². The van der Waals surface area contributed by atoms with Crippen LogP contribution in [0.1, 0.15) is 17.2 Å². The van der Waals surface area contributed by atoms with Crippen molar-refractivity contribution in [2.75, 3.05) is 21.2 Å². The number of aromatic amines is 1. The Labute approximate surface area is 175 Å². The molecule has 1 N–H and O–H groups in total. The minimum atomic E-state index is -0.229. The fourth-order valence-corrected chi connectivity index (χ4v) is 3.76. The van der Waals surface area contributed by atoms with Crippen LogP contribution in [0.2, 0.25) is 0 Å². The topological polar surface area (TPSA) is 41.1 Å².